The first-order valence-electron chi connectivity index (χ1n) is 13.4. The van der Waals surface area contributed by atoms with Crippen molar-refractivity contribution in [2.75, 3.05) is 43.6 Å². The number of piperidine rings is 1. The van der Waals surface area contributed by atoms with E-state index in [1.54, 1.807) is 21.0 Å². The summed E-state index contributed by atoms with van der Waals surface area (Å²) in [6.07, 6.45) is 4.03. The fourth-order valence-electron chi connectivity index (χ4n) is 5.96. The first-order chi connectivity index (χ1) is 18.6. The van der Waals surface area contributed by atoms with Crippen molar-refractivity contribution in [2.24, 2.45) is 0 Å². The molecule has 1 fully saturated rings. The molecular formula is C29H35F3N4O3. The molecule has 0 bridgehead atoms. The first-order valence-corrected chi connectivity index (χ1v) is 13.4. The summed E-state index contributed by atoms with van der Waals surface area (Å²) < 4.78 is 48.7. The highest BCUT2D eigenvalue weighted by Gasteiger charge is 2.36. The molecule has 0 radical (unpaired) electrons. The summed E-state index contributed by atoms with van der Waals surface area (Å²) >= 11 is 0. The number of aliphatic hydroxyl groups excluding tert-OH is 1. The molecule has 5 rings (SSSR count). The lowest BCUT2D eigenvalue weighted by Crippen LogP contribution is -2.47. The summed E-state index contributed by atoms with van der Waals surface area (Å²) in [4.78, 5) is 11.7. The average molecular weight is 545 g/mol. The van der Waals surface area contributed by atoms with Crippen LogP contribution in [0.2, 0.25) is 0 Å². The Morgan fingerprint density at radius 2 is 1.90 bits per heavy atom. The van der Waals surface area contributed by atoms with Crippen LogP contribution in [0.1, 0.15) is 60.3 Å². The summed E-state index contributed by atoms with van der Waals surface area (Å²) in [6.45, 7) is 3.68. The van der Waals surface area contributed by atoms with Crippen molar-refractivity contribution in [2.45, 2.75) is 63.5 Å². The third-order valence-electron chi connectivity index (χ3n) is 8.04. The van der Waals surface area contributed by atoms with Gasteiger partial charge in [0.25, 0.3) is 5.92 Å². The van der Waals surface area contributed by atoms with Crippen LogP contribution in [0.3, 0.4) is 0 Å². The lowest BCUT2D eigenvalue weighted by atomic mass is 9.91. The number of benzene rings is 2. The van der Waals surface area contributed by atoms with Crippen LogP contribution in [0, 0.1) is 12.7 Å². The predicted octanol–water partition coefficient (Wildman–Crippen LogP) is 4.80. The third kappa shape index (κ3) is 5.17. The molecule has 1 aromatic heterocycles. The molecule has 0 spiro atoms. The van der Waals surface area contributed by atoms with E-state index >= 15 is 4.39 Å². The van der Waals surface area contributed by atoms with Crippen LogP contribution in [0.15, 0.2) is 24.3 Å². The van der Waals surface area contributed by atoms with Gasteiger partial charge in [0.05, 0.1) is 29.3 Å². The minimum absolute atomic E-state index is 0.0554. The standard InChI is InChI=1S/C29H35F3N4O3/c1-17(19-6-5-9-23(25(19)30)29(31,32)15-37)33-27-22-14-24(36-12-10-28(38,11-13-36)16-39-3)20-7-4-8-21(20)26(22)34-18(2)35-27/h5-6,9,14,17,37-38H,4,7-8,10-13,15-16H2,1-3H3,(H,33,34,35)/t17-/m1/s1. The molecule has 1 saturated heterocycles. The van der Waals surface area contributed by atoms with Crippen LogP contribution in [-0.4, -0.2) is 59.2 Å². The van der Waals surface area contributed by atoms with Crippen LogP contribution < -0.4 is 10.2 Å². The van der Waals surface area contributed by atoms with Crippen molar-refractivity contribution in [3.8, 4) is 0 Å². The van der Waals surface area contributed by atoms with E-state index in [1.807, 2.05) is 0 Å². The number of aryl methyl sites for hydroxylation is 2. The highest BCUT2D eigenvalue weighted by atomic mass is 19.3. The maximum absolute atomic E-state index is 15.2. The molecule has 7 nitrogen and oxygen atoms in total. The zero-order valence-electron chi connectivity index (χ0n) is 22.5. The fourth-order valence-corrected chi connectivity index (χ4v) is 5.96. The second-order valence-corrected chi connectivity index (χ2v) is 10.8. The number of nitrogens with zero attached hydrogens (tertiary/aromatic N) is 3. The highest BCUT2D eigenvalue weighted by Crippen LogP contribution is 2.41. The number of hydrogen-bond donors (Lipinski definition) is 3. The highest BCUT2D eigenvalue weighted by molar-refractivity contribution is 5.96. The van der Waals surface area contributed by atoms with Crippen molar-refractivity contribution < 1.29 is 28.1 Å². The van der Waals surface area contributed by atoms with Gasteiger partial charge in [0.2, 0.25) is 0 Å². The molecule has 39 heavy (non-hydrogen) atoms. The Hall–Kier alpha value is -2.95. The van der Waals surface area contributed by atoms with Gasteiger partial charge in [0, 0.05) is 36.8 Å². The molecule has 10 heteroatoms. The smallest absolute Gasteiger partial charge is 0.298 e. The van der Waals surface area contributed by atoms with Crippen molar-refractivity contribution >= 4 is 22.4 Å². The van der Waals surface area contributed by atoms with Gasteiger partial charge in [-0.25, -0.2) is 14.4 Å². The van der Waals surface area contributed by atoms with Gasteiger partial charge in [-0.15, -0.1) is 0 Å². The maximum Gasteiger partial charge on any atom is 0.298 e. The normalized spacial score (nSPS) is 17.9. The average Bonchev–Trinajstić information content (AvgIpc) is 3.39. The Labute approximate surface area is 226 Å². The summed E-state index contributed by atoms with van der Waals surface area (Å²) in [6, 6.07) is 5.20. The number of anilines is 2. The first kappa shape index (κ1) is 27.6. The quantitative estimate of drug-likeness (QED) is 0.375. The summed E-state index contributed by atoms with van der Waals surface area (Å²) in [5, 5.41) is 23.9. The van der Waals surface area contributed by atoms with Crippen LogP contribution in [-0.2, 0) is 23.5 Å². The molecule has 2 aromatic carbocycles. The van der Waals surface area contributed by atoms with E-state index in [0.717, 1.165) is 41.9 Å². The molecule has 2 heterocycles. The van der Waals surface area contributed by atoms with E-state index in [9.17, 15) is 13.9 Å². The largest absolute Gasteiger partial charge is 0.390 e. The maximum atomic E-state index is 15.2. The minimum atomic E-state index is -3.68. The third-order valence-corrected chi connectivity index (χ3v) is 8.04. The number of aromatic nitrogens is 2. The van der Waals surface area contributed by atoms with Crippen LogP contribution in [0.5, 0.6) is 0 Å². The van der Waals surface area contributed by atoms with Gasteiger partial charge in [-0.1, -0.05) is 12.1 Å². The minimum Gasteiger partial charge on any atom is -0.390 e. The zero-order chi connectivity index (χ0) is 27.9. The van der Waals surface area contributed by atoms with Crippen LogP contribution in [0.4, 0.5) is 24.7 Å². The lowest BCUT2D eigenvalue weighted by molar-refractivity contribution is -0.0584. The van der Waals surface area contributed by atoms with E-state index in [2.05, 4.69) is 21.3 Å². The molecule has 1 aliphatic heterocycles. The van der Waals surface area contributed by atoms with Crippen LogP contribution >= 0.6 is 0 Å². The molecular weight excluding hydrogens is 509 g/mol. The number of hydrogen-bond acceptors (Lipinski definition) is 7. The number of aliphatic hydroxyl groups is 2. The Bertz CT molecular complexity index is 1380. The molecule has 2 aliphatic rings. The molecule has 0 unspecified atom stereocenters. The molecule has 1 atom stereocenters. The number of rotatable bonds is 8. The summed E-state index contributed by atoms with van der Waals surface area (Å²) in [7, 11) is 1.60. The van der Waals surface area contributed by atoms with Gasteiger partial charge in [-0.2, -0.15) is 8.78 Å². The second-order valence-electron chi connectivity index (χ2n) is 10.8. The van der Waals surface area contributed by atoms with E-state index in [1.165, 1.54) is 23.3 Å². The number of nitrogens with one attached hydrogen (secondary N) is 1. The Morgan fingerprint density at radius 1 is 1.18 bits per heavy atom. The molecule has 3 N–H and O–H groups in total. The summed E-state index contributed by atoms with van der Waals surface area (Å²) in [5.74, 6) is -3.67. The van der Waals surface area contributed by atoms with Gasteiger partial charge in [-0.3, -0.25) is 0 Å². The topological polar surface area (TPSA) is 90.7 Å². The zero-order valence-corrected chi connectivity index (χ0v) is 22.5. The number of ether oxygens (including phenoxy) is 1. The number of alkyl halides is 2. The van der Waals surface area contributed by atoms with E-state index in [-0.39, 0.29) is 5.56 Å². The van der Waals surface area contributed by atoms with E-state index in [0.29, 0.717) is 44.2 Å². The Balaban J connectivity index is 1.53. The van der Waals surface area contributed by atoms with Gasteiger partial charge in [0.15, 0.2) is 0 Å². The van der Waals surface area contributed by atoms with E-state index in [4.69, 9.17) is 14.8 Å². The lowest BCUT2D eigenvalue weighted by Gasteiger charge is -2.39. The van der Waals surface area contributed by atoms with Crippen molar-refractivity contribution in [3.05, 3.63) is 58.2 Å². The molecule has 0 amide bonds. The monoisotopic (exact) mass is 544 g/mol. The molecule has 0 saturated carbocycles. The molecule has 3 aromatic rings. The van der Waals surface area contributed by atoms with Crippen LogP contribution in [0.25, 0.3) is 10.9 Å². The van der Waals surface area contributed by atoms with Crippen molar-refractivity contribution in [1.29, 1.82) is 0 Å². The second kappa shape index (κ2) is 10.6. The SMILES string of the molecule is COCC1(O)CCN(c2cc3c(N[C@H](C)c4cccc(C(F)(F)CO)c4F)nc(C)nc3c3c2CCC3)CC1. The number of halogens is 3. The number of methoxy groups -OCH3 is 1. The van der Waals surface area contributed by atoms with Crippen molar-refractivity contribution in [3.63, 3.8) is 0 Å². The van der Waals surface area contributed by atoms with Gasteiger partial charge in [0.1, 0.15) is 24.1 Å². The van der Waals surface area contributed by atoms with E-state index < -0.39 is 35.6 Å². The van der Waals surface area contributed by atoms with Crippen molar-refractivity contribution in [1.82, 2.24) is 9.97 Å². The van der Waals surface area contributed by atoms with Gasteiger partial charge in [-0.05, 0) is 69.2 Å². The Kier molecular flexibility index (Phi) is 7.47. The van der Waals surface area contributed by atoms with Gasteiger partial charge >= 0.3 is 0 Å². The molecule has 1 aliphatic carbocycles. The van der Waals surface area contributed by atoms with Gasteiger partial charge < -0.3 is 25.2 Å². The Morgan fingerprint density at radius 3 is 2.59 bits per heavy atom. The fraction of sp³-hybridized carbons (Fsp3) is 0.517. The predicted molar refractivity (Wildman–Crippen MR) is 144 cm³/mol. The summed E-state index contributed by atoms with van der Waals surface area (Å²) in [5.41, 5.74) is 2.77. The molecule has 210 valence electrons. The number of fused-ring (bicyclic) bond motifs is 3.